The standard InChI is InChI=1S/C14H20F3N3O.HI/c1-10(2)20-13(18-3)19-8-9-21-12-7-5-4-6-11(12)14(15,16)17;/h4-7,10H,8-9H2,1-3H3,(H2,18,19,20);1H. The maximum Gasteiger partial charge on any atom is 0.419 e. The van der Waals surface area contributed by atoms with Gasteiger partial charge in [0.2, 0.25) is 0 Å². The maximum absolute atomic E-state index is 12.8. The highest BCUT2D eigenvalue weighted by atomic mass is 127. The summed E-state index contributed by atoms with van der Waals surface area (Å²) in [6.07, 6.45) is -4.42. The number of alkyl halides is 3. The summed E-state index contributed by atoms with van der Waals surface area (Å²) in [5, 5.41) is 6.03. The van der Waals surface area contributed by atoms with Gasteiger partial charge in [0.15, 0.2) is 5.96 Å². The Morgan fingerprint density at radius 1 is 1.27 bits per heavy atom. The number of aliphatic imine (C=N–C) groups is 1. The molecule has 0 saturated heterocycles. The second kappa shape index (κ2) is 9.75. The second-order valence-electron chi connectivity index (χ2n) is 4.64. The molecule has 22 heavy (non-hydrogen) atoms. The van der Waals surface area contributed by atoms with Crippen LogP contribution < -0.4 is 15.4 Å². The quantitative estimate of drug-likeness (QED) is 0.326. The van der Waals surface area contributed by atoms with Gasteiger partial charge in [-0.05, 0) is 26.0 Å². The zero-order valence-corrected chi connectivity index (χ0v) is 15.0. The zero-order valence-electron chi connectivity index (χ0n) is 12.7. The Labute approximate surface area is 145 Å². The van der Waals surface area contributed by atoms with E-state index in [1.54, 1.807) is 7.05 Å². The van der Waals surface area contributed by atoms with Crippen LogP contribution in [0.1, 0.15) is 19.4 Å². The lowest BCUT2D eigenvalue weighted by molar-refractivity contribution is -0.138. The number of hydrogen-bond donors (Lipinski definition) is 2. The first-order chi connectivity index (χ1) is 9.84. The van der Waals surface area contributed by atoms with Gasteiger partial charge in [-0.15, -0.1) is 24.0 Å². The number of halogens is 4. The molecule has 0 bridgehead atoms. The predicted molar refractivity (Wildman–Crippen MR) is 92.0 cm³/mol. The van der Waals surface area contributed by atoms with Crippen molar-refractivity contribution in [2.45, 2.75) is 26.1 Å². The lowest BCUT2D eigenvalue weighted by atomic mass is 10.2. The Bertz CT molecular complexity index is 479. The van der Waals surface area contributed by atoms with Crippen LogP contribution >= 0.6 is 24.0 Å². The molecular weight excluding hydrogens is 410 g/mol. The molecule has 4 nitrogen and oxygen atoms in total. The smallest absolute Gasteiger partial charge is 0.419 e. The molecule has 0 atom stereocenters. The van der Waals surface area contributed by atoms with Gasteiger partial charge >= 0.3 is 6.18 Å². The van der Waals surface area contributed by atoms with Gasteiger partial charge in [-0.2, -0.15) is 13.2 Å². The average molecular weight is 431 g/mol. The molecule has 0 unspecified atom stereocenters. The molecule has 0 amide bonds. The fourth-order valence-corrected chi connectivity index (χ4v) is 1.63. The van der Waals surface area contributed by atoms with E-state index >= 15 is 0 Å². The van der Waals surface area contributed by atoms with Gasteiger partial charge in [0.1, 0.15) is 12.4 Å². The van der Waals surface area contributed by atoms with Gasteiger partial charge in [0.25, 0.3) is 0 Å². The van der Waals surface area contributed by atoms with Crippen LogP contribution in [0.5, 0.6) is 5.75 Å². The van der Waals surface area contributed by atoms with Crippen LogP contribution in [-0.2, 0) is 6.18 Å². The number of rotatable bonds is 5. The molecule has 0 spiro atoms. The summed E-state index contributed by atoms with van der Waals surface area (Å²) in [6.45, 7) is 4.37. The van der Waals surface area contributed by atoms with Crippen molar-refractivity contribution in [3.8, 4) is 5.75 Å². The highest BCUT2D eigenvalue weighted by Crippen LogP contribution is 2.35. The summed E-state index contributed by atoms with van der Waals surface area (Å²) in [5.41, 5.74) is -0.769. The predicted octanol–water partition coefficient (Wildman–Crippen LogP) is 3.28. The van der Waals surface area contributed by atoms with E-state index in [0.717, 1.165) is 6.07 Å². The van der Waals surface area contributed by atoms with E-state index in [1.165, 1.54) is 18.2 Å². The van der Waals surface area contributed by atoms with Crippen LogP contribution in [0, 0.1) is 0 Å². The summed E-state index contributed by atoms with van der Waals surface area (Å²) < 4.78 is 43.5. The monoisotopic (exact) mass is 431 g/mol. The second-order valence-corrected chi connectivity index (χ2v) is 4.64. The molecule has 0 heterocycles. The Morgan fingerprint density at radius 3 is 2.45 bits per heavy atom. The summed E-state index contributed by atoms with van der Waals surface area (Å²) >= 11 is 0. The minimum Gasteiger partial charge on any atom is -0.491 e. The van der Waals surface area contributed by atoms with E-state index in [4.69, 9.17) is 4.74 Å². The number of ether oxygens (including phenoxy) is 1. The van der Waals surface area contributed by atoms with Gasteiger partial charge in [-0.25, -0.2) is 0 Å². The third-order valence-electron chi connectivity index (χ3n) is 2.49. The molecule has 0 aromatic heterocycles. The van der Waals surface area contributed by atoms with Crippen molar-refractivity contribution < 1.29 is 17.9 Å². The first-order valence-electron chi connectivity index (χ1n) is 6.60. The molecule has 1 aromatic rings. The summed E-state index contributed by atoms with van der Waals surface area (Å²) in [6, 6.07) is 5.37. The van der Waals surface area contributed by atoms with Gasteiger partial charge in [-0.1, -0.05) is 12.1 Å². The first-order valence-corrected chi connectivity index (χ1v) is 6.60. The van der Waals surface area contributed by atoms with Crippen molar-refractivity contribution in [3.63, 3.8) is 0 Å². The molecule has 0 radical (unpaired) electrons. The minimum absolute atomic E-state index is 0. The zero-order chi connectivity index (χ0) is 15.9. The van der Waals surface area contributed by atoms with Gasteiger partial charge in [-0.3, -0.25) is 4.99 Å². The molecule has 126 valence electrons. The first kappa shape index (κ1) is 20.8. The van der Waals surface area contributed by atoms with Gasteiger partial charge < -0.3 is 15.4 Å². The Hall–Kier alpha value is -1.19. The van der Waals surface area contributed by atoms with E-state index in [-0.39, 0.29) is 42.4 Å². The maximum atomic E-state index is 12.8. The van der Waals surface area contributed by atoms with E-state index in [1.807, 2.05) is 13.8 Å². The molecule has 0 aliphatic rings. The number of guanidine groups is 1. The fraction of sp³-hybridized carbons (Fsp3) is 0.500. The molecule has 0 aliphatic heterocycles. The molecule has 2 N–H and O–H groups in total. The van der Waals surface area contributed by atoms with E-state index in [9.17, 15) is 13.2 Å². The number of hydrogen-bond acceptors (Lipinski definition) is 2. The topological polar surface area (TPSA) is 45.7 Å². The molecule has 0 aliphatic carbocycles. The largest absolute Gasteiger partial charge is 0.491 e. The Kier molecular flexibility index (Phi) is 9.22. The van der Waals surface area contributed by atoms with E-state index < -0.39 is 11.7 Å². The van der Waals surface area contributed by atoms with E-state index in [0.29, 0.717) is 12.5 Å². The number of nitrogens with one attached hydrogen (secondary N) is 2. The van der Waals surface area contributed by atoms with Crippen LogP contribution in [-0.4, -0.2) is 32.2 Å². The Morgan fingerprint density at radius 2 is 1.91 bits per heavy atom. The lowest BCUT2D eigenvalue weighted by Crippen LogP contribution is -2.42. The molecular formula is C14H21F3IN3O. The lowest BCUT2D eigenvalue weighted by Gasteiger charge is -2.16. The normalized spacial score (nSPS) is 11.9. The van der Waals surface area contributed by atoms with Crippen LogP contribution in [0.25, 0.3) is 0 Å². The SMILES string of the molecule is CN=C(NCCOc1ccccc1C(F)(F)F)NC(C)C.I. The number of benzene rings is 1. The van der Waals surface area contributed by atoms with Crippen molar-refractivity contribution >= 4 is 29.9 Å². The average Bonchev–Trinajstić information content (AvgIpc) is 2.41. The van der Waals surface area contributed by atoms with Gasteiger partial charge in [0.05, 0.1) is 12.1 Å². The van der Waals surface area contributed by atoms with Crippen LogP contribution in [0.15, 0.2) is 29.3 Å². The highest BCUT2D eigenvalue weighted by molar-refractivity contribution is 14.0. The molecule has 0 fully saturated rings. The van der Waals surface area contributed by atoms with Crippen LogP contribution in [0.2, 0.25) is 0 Å². The fourth-order valence-electron chi connectivity index (χ4n) is 1.63. The molecule has 0 saturated carbocycles. The number of para-hydroxylation sites is 1. The van der Waals surface area contributed by atoms with Gasteiger partial charge in [0, 0.05) is 13.1 Å². The van der Waals surface area contributed by atoms with Crippen molar-refractivity contribution in [3.05, 3.63) is 29.8 Å². The third-order valence-corrected chi connectivity index (χ3v) is 2.49. The molecule has 1 aromatic carbocycles. The van der Waals surface area contributed by atoms with Crippen molar-refractivity contribution in [1.82, 2.24) is 10.6 Å². The molecule has 8 heteroatoms. The highest BCUT2D eigenvalue weighted by Gasteiger charge is 2.33. The minimum atomic E-state index is -4.42. The van der Waals surface area contributed by atoms with Crippen molar-refractivity contribution in [2.24, 2.45) is 4.99 Å². The van der Waals surface area contributed by atoms with E-state index in [2.05, 4.69) is 15.6 Å². The molecule has 1 rings (SSSR count). The summed E-state index contributed by atoms with van der Waals surface area (Å²) in [5.74, 6) is 0.413. The van der Waals surface area contributed by atoms with Crippen LogP contribution in [0.3, 0.4) is 0 Å². The summed E-state index contributed by atoms with van der Waals surface area (Å²) in [4.78, 5) is 3.99. The van der Waals surface area contributed by atoms with Crippen molar-refractivity contribution in [2.75, 3.05) is 20.2 Å². The number of nitrogens with zero attached hydrogens (tertiary/aromatic N) is 1. The van der Waals surface area contributed by atoms with Crippen molar-refractivity contribution in [1.29, 1.82) is 0 Å². The van der Waals surface area contributed by atoms with Crippen LogP contribution in [0.4, 0.5) is 13.2 Å². The Balaban J connectivity index is 0.00000441. The third kappa shape index (κ3) is 7.19. The summed E-state index contributed by atoms with van der Waals surface area (Å²) in [7, 11) is 1.62.